The van der Waals surface area contributed by atoms with Gasteiger partial charge in [0.25, 0.3) is 0 Å². The molecule has 0 N–H and O–H groups in total. The number of rotatable bonds is 4. The quantitative estimate of drug-likeness (QED) is 0.187. The minimum Gasteiger partial charge on any atom is -0.471 e. The third-order valence-corrected chi connectivity index (χ3v) is 11.3. The molecule has 0 spiro atoms. The predicted molar refractivity (Wildman–Crippen MR) is 214 cm³/mol. The molecule has 4 aromatic heterocycles. The van der Waals surface area contributed by atoms with Crippen molar-refractivity contribution in [3.05, 3.63) is 175 Å². The van der Waals surface area contributed by atoms with Crippen LogP contribution in [0.15, 0.2) is 169 Å². The number of aromatic nitrogens is 3. The molecule has 0 fully saturated rings. The van der Waals surface area contributed by atoms with Crippen LogP contribution in [0.25, 0.3) is 88.5 Å². The second kappa shape index (κ2) is 10.7. The van der Waals surface area contributed by atoms with Crippen LogP contribution in [0.4, 0.5) is 0 Å². The summed E-state index contributed by atoms with van der Waals surface area (Å²) in [6.45, 7) is 4.60. The molecule has 0 saturated heterocycles. The van der Waals surface area contributed by atoms with Crippen LogP contribution < -0.4 is 0 Å². The lowest BCUT2D eigenvalue weighted by Crippen LogP contribution is -2.15. The van der Waals surface area contributed by atoms with Crippen LogP contribution in [0.3, 0.4) is 0 Å². The van der Waals surface area contributed by atoms with Crippen molar-refractivity contribution in [2.45, 2.75) is 19.3 Å². The van der Waals surface area contributed by atoms with Gasteiger partial charge in [-0.05, 0) is 89.0 Å². The first-order valence-corrected chi connectivity index (χ1v) is 17.9. The number of nitrogens with zero attached hydrogens (tertiary/aromatic N) is 3. The zero-order valence-electron chi connectivity index (χ0n) is 28.8. The number of pyridine rings is 1. The molecule has 4 nitrogen and oxygen atoms in total. The van der Waals surface area contributed by atoms with E-state index in [0.717, 1.165) is 39.3 Å². The van der Waals surface area contributed by atoms with E-state index in [0.29, 0.717) is 0 Å². The summed E-state index contributed by atoms with van der Waals surface area (Å²) in [6.07, 6.45) is 5.68. The molecular formula is C48H33N3O. The fraction of sp³-hybridized carbons (Fsp3) is 0.0625. The summed E-state index contributed by atoms with van der Waals surface area (Å²) in [6, 6.07) is 52.8. The van der Waals surface area contributed by atoms with Crippen LogP contribution in [0.5, 0.6) is 0 Å². The van der Waals surface area contributed by atoms with Crippen LogP contribution >= 0.6 is 0 Å². The van der Waals surface area contributed by atoms with E-state index in [1.165, 1.54) is 60.3 Å². The Kier molecular flexibility index (Phi) is 5.98. The lowest BCUT2D eigenvalue weighted by atomic mass is 9.83. The van der Waals surface area contributed by atoms with Crippen molar-refractivity contribution >= 4 is 43.6 Å². The second-order valence-electron chi connectivity index (χ2n) is 14.5. The molecule has 0 radical (unpaired) electrons. The van der Waals surface area contributed by atoms with E-state index in [1.807, 2.05) is 24.8 Å². The van der Waals surface area contributed by atoms with Crippen molar-refractivity contribution < 1.29 is 4.42 Å². The Bertz CT molecular complexity index is 3050. The molecular weight excluding hydrogens is 635 g/mol. The van der Waals surface area contributed by atoms with Crippen molar-refractivity contribution in [1.29, 1.82) is 0 Å². The maximum Gasteiger partial charge on any atom is 0.0987 e. The van der Waals surface area contributed by atoms with E-state index in [1.54, 1.807) is 0 Å². The Balaban J connectivity index is 1.06. The van der Waals surface area contributed by atoms with Crippen molar-refractivity contribution in [2.75, 3.05) is 0 Å². The second-order valence-corrected chi connectivity index (χ2v) is 14.5. The van der Waals surface area contributed by atoms with Gasteiger partial charge in [0.2, 0.25) is 0 Å². The van der Waals surface area contributed by atoms with Gasteiger partial charge in [0, 0.05) is 61.2 Å². The van der Waals surface area contributed by atoms with Crippen molar-refractivity contribution in [1.82, 2.24) is 14.1 Å². The van der Waals surface area contributed by atoms with Gasteiger partial charge in [-0.15, -0.1) is 0 Å². The van der Waals surface area contributed by atoms with Crippen LogP contribution in [0.2, 0.25) is 0 Å². The molecule has 0 atom stereocenters. The molecule has 1 aliphatic rings. The highest BCUT2D eigenvalue weighted by Crippen LogP contribution is 2.49. The first-order valence-electron chi connectivity index (χ1n) is 17.9. The van der Waals surface area contributed by atoms with Gasteiger partial charge in [-0.25, -0.2) is 0 Å². The molecule has 11 rings (SSSR count). The molecule has 0 bridgehead atoms. The van der Waals surface area contributed by atoms with E-state index in [4.69, 9.17) is 9.40 Å². The maximum atomic E-state index is 5.97. The third kappa shape index (κ3) is 4.00. The lowest BCUT2D eigenvalue weighted by molar-refractivity contribution is 0.569. The third-order valence-electron chi connectivity index (χ3n) is 11.3. The molecule has 10 aromatic rings. The van der Waals surface area contributed by atoms with Crippen molar-refractivity contribution in [3.63, 3.8) is 0 Å². The van der Waals surface area contributed by atoms with Crippen LogP contribution in [-0.2, 0) is 5.41 Å². The number of benzene rings is 6. The number of para-hydroxylation sites is 3. The normalized spacial score (nSPS) is 13.3. The van der Waals surface area contributed by atoms with Crippen LogP contribution in [0, 0.1) is 0 Å². The Morgan fingerprint density at radius 2 is 1.04 bits per heavy atom. The van der Waals surface area contributed by atoms with Crippen LogP contribution in [-0.4, -0.2) is 14.1 Å². The van der Waals surface area contributed by atoms with Gasteiger partial charge < -0.3 is 13.6 Å². The summed E-state index contributed by atoms with van der Waals surface area (Å²) < 4.78 is 10.7. The summed E-state index contributed by atoms with van der Waals surface area (Å²) in [5, 5.41) is 4.88. The molecule has 4 heteroatoms. The molecule has 1 aliphatic carbocycles. The highest BCUT2D eigenvalue weighted by molar-refractivity contribution is 6.12. The minimum atomic E-state index is -0.0843. The van der Waals surface area contributed by atoms with Crippen LogP contribution in [0.1, 0.15) is 25.0 Å². The fourth-order valence-corrected chi connectivity index (χ4v) is 8.84. The molecule has 52 heavy (non-hydrogen) atoms. The van der Waals surface area contributed by atoms with Gasteiger partial charge in [0.15, 0.2) is 0 Å². The smallest absolute Gasteiger partial charge is 0.0987 e. The fourth-order valence-electron chi connectivity index (χ4n) is 8.84. The minimum absolute atomic E-state index is 0.0843. The van der Waals surface area contributed by atoms with Crippen molar-refractivity contribution in [2.24, 2.45) is 0 Å². The summed E-state index contributed by atoms with van der Waals surface area (Å²) in [7, 11) is 0. The number of hydrogen-bond donors (Lipinski definition) is 0. The van der Waals surface area contributed by atoms with E-state index in [-0.39, 0.29) is 5.41 Å². The Morgan fingerprint density at radius 1 is 0.462 bits per heavy atom. The highest BCUT2D eigenvalue weighted by atomic mass is 16.3. The molecule has 0 unspecified atom stereocenters. The molecule has 4 heterocycles. The first-order chi connectivity index (χ1) is 25.6. The average Bonchev–Trinajstić information content (AvgIpc) is 3.94. The van der Waals surface area contributed by atoms with Gasteiger partial charge in [-0.1, -0.05) is 92.7 Å². The molecule has 0 saturated carbocycles. The predicted octanol–water partition coefficient (Wildman–Crippen LogP) is 12.5. The van der Waals surface area contributed by atoms with E-state index in [2.05, 4.69) is 163 Å². The van der Waals surface area contributed by atoms with Gasteiger partial charge >= 0.3 is 0 Å². The lowest BCUT2D eigenvalue weighted by Gasteiger charge is -2.21. The Hall–Kier alpha value is -6.65. The van der Waals surface area contributed by atoms with Gasteiger partial charge in [-0.3, -0.25) is 4.98 Å². The van der Waals surface area contributed by atoms with E-state index in [9.17, 15) is 0 Å². The molecule has 246 valence electrons. The summed E-state index contributed by atoms with van der Waals surface area (Å²) in [4.78, 5) is 4.84. The largest absolute Gasteiger partial charge is 0.471 e. The molecule has 0 aliphatic heterocycles. The summed E-state index contributed by atoms with van der Waals surface area (Å²) in [5.74, 6) is 0. The Labute approximate surface area is 300 Å². The van der Waals surface area contributed by atoms with E-state index >= 15 is 0 Å². The molecule has 0 amide bonds. The van der Waals surface area contributed by atoms with Gasteiger partial charge in [-0.2, -0.15) is 0 Å². The first kappa shape index (κ1) is 29.1. The van der Waals surface area contributed by atoms with E-state index < -0.39 is 0 Å². The maximum absolute atomic E-state index is 5.97. The summed E-state index contributed by atoms with van der Waals surface area (Å²) >= 11 is 0. The zero-order chi connectivity index (χ0) is 34.6. The SMILES string of the molecule is CC1(C)c2ccc(-n3c4ccccc4c4cc(-c5cocc5-c5ccc6c(c5)c5ccccc5n6-c5ccccc5)ccc43)cc2-c2ncccc21. The molecule has 6 aromatic carbocycles. The van der Waals surface area contributed by atoms with Gasteiger partial charge in [0.1, 0.15) is 0 Å². The number of hydrogen-bond acceptors (Lipinski definition) is 2. The standard InChI is InChI=1S/C48H33N3O/c1-48(2)41-21-20-33(27-38(41)47-42(48)15-10-24-49-47)51-44-17-9-7-14-35(44)37-26-31(19-23-46(37)51)40-29-52-28-39(40)30-18-22-45-36(25-30)34-13-6-8-16-43(34)50(45)32-11-4-3-5-12-32/h3-29H,1-2H3. The number of fused-ring (bicyclic) bond motifs is 9. The van der Waals surface area contributed by atoms with Crippen molar-refractivity contribution in [3.8, 4) is 44.9 Å². The highest BCUT2D eigenvalue weighted by Gasteiger charge is 2.36. The number of furan rings is 1. The topological polar surface area (TPSA) is 35.9 Å². The average molecular weight is 668 g/mol. The summed E-state index contributed by atoms with van der Waals surface area (Å²) in [5.41, 5.74) is 16.3. The monoisotopic (exact) mass is 667 g/mol. The zero-order valence-corrected chi connectivity index (χ0v) is 28.8. The van der Waals surface area contributed by atoms with Gasteiger partial charge in [0.05, 0.1) is 40.3 Å². The Morgan fingerprint density at radius 3 is 1.69 bits per heavy atom.